The first-order valence-electron chi connectivity index (χ1n) is 3.56. The van der Waals surface area contributed by atoms with Gasteiger partial charge in [-0.05, 0) is 18.8 Å². The molecule has 0 radical (unpaired) electrons. The van der Waals surface area contributed by atoms with Crippen LogP contribution in [0.3, 0.4) is 0 Å². The molecule has 1 aliphatic rings. The maximum atomic E-state index is 10.4. The van der Waals surface area contributed by atoms with E-state index in [1.165, 1.54) is 19.8 Å². The van der Waals surface area contributed by atoms with Gasteiger partial charge < -0.3 is 4.90 Å². The van der Waals surface area contributed by atoms with Crippen molar-refractivity contribution in [2.45, 2.75) is 19.8 Å². The summed E-state index contributed by atoms with van der Waals surface area (Å²) in [7, 11) is 0. The molecule has 1 fully saturated rings. The van der Waals surface area contributed by atoms with Crippen molar-refractivity contribution in [1.29, 1.82) is 0 Å². The Hall–Kier alpha value is -0.970. The van der Waals surface area contributed by atoms with E-state index in [2.05, 4.69) is 12.0 Å². The molecule has 0 unspecified atom stereocenters. The van der Waals surface area contributed by atoms with Crippen molar-refractivity contribution in [3.05, 3.63) is 0 Å². The Bertz CT molecular complexity index is 181. The van der Waals surface area contributed by atoms with Crippen LogP contribution in [-0.4, -0.2) is 23.8 Å². The fraction of sp³-hybridized carbons (Fsp3) is 0.625. The van der Waals surface area contributed by atoms with Crippen LogP contribution in [-0.2, 0) is 4.79 Å². The van der Waals surface area contributed by atoms with Crippen molar-refractivity contribution in [1.82, 2.24) is 4.90 Å². The molecular formula is C8H11NO. The highest BCUT2D eigenvalue weighted by molar-refractivity contribution is 5.93. The molecule has 0 aromatic rings. The SMILES string of the molecule is CC(=O)C#CN1CCCC1. The maximum Gasteiger partial charge on any atom is 0.204 e. The van der Waals surface area contributed by atoms with Crippen molar-refractivity contribution in [2.75, 3.05) is 13.1 Å². The third-order valence-corrected chi connectivity index (χ3v) is 1.50. The number of likely N-dealkylation sites (tertiary alicyclic amines) is 1. The zero-order valence-electron chi connectivity index (χ0n) is 6.18. The normalized spacial score (nSPS) is 16.3. The summed E-state index contributed by atoms with van der Waals surface area (Å²) in [5.41, 5.74) is 0. The van der Waals surface area contributed by atoms with Gasteiger partial charge >= 0.3 is 0 Å². The molecule has 1 aliphatic heterocycles. The molecular weight excluding hydrogens is 126 g/mol. The largest absolute Gasteiger partial charge is 0.332 e. The topological polar surface area (TPSA) is 20.3 Å². The van der Waals surface area contributed by atoms with Gasteiger partial charge in [-0.1, -0.05) is 0 Å². The highest BCUT2D eigenvalue weighted by atomic mass is 16.1. The molecule has 0 spiro atoms. The Labute approximate surface area is 61.2 Å². The van der Waals surface area contributed by atoms with E-state index in [4.69, 9.17) is 0 Å². The smallest absolute Gasteiger partial charge is 0.204 e. The van der Waals surface area contributed by atoms with Gasteiger partial charge in [-0.3, -0.25) is 4.79 Å². The van der Waals surface area contributed by atoms with Crippen LogP contribution in [0.1, 0.15) is 19.8 Å². The second kappa shape index (κ2) is 3.26. The van der Waals surface area contributed by atoms with Crippen LogP contribution in [0.25, 0.3) is 0 Å². The number of carbonyl (C=O) groups excluding carboxylic acids is 1. The molecule has 10 heavy (non-hydrogen) atoms. The summed E-state index contributed by atoms with van der Waals surface area (Å²) < 4.78 is 0. The lowest BCUT2D eigenvalue weighted by molar-refractivity contribution is -0.111. The molecule has 0 aromatic carbocycles. The van der Waals surface area contributed by atoms with Gasteiger partial charge in [0.25, 0.3) is 0 Å². The molecule has 2 heteroatoms. The first-order chi connectivity index (χ1) is 4.79. The van der Waals surface area contributed by atoms with E-state index in [0.29, 0.717) is 0 Å². The number of hydrogen-bond donors (Lipinski definition) is 0. The second-order valence-electron chi connectivity index (χ2n) is 2.49. The van der Waals surface area contributed by atoms with Crippen molar-refractivity contribution < 1.29 is 4.79 Å². The molecule has 54 valence electrons. The van der Waals surface area contributed by atoms with E-state index in [1.54, 1.807) is 0 Å². The molecule has 0 aliphatic carbocycles. The number of nitrogens with zero attached hydrogens (tertiary/aromatic N) is 1. The molecule has 0 bridgehead atoms. The molecule has 1 heterocycles. The number of rotatable bonds is 0. The Morgan fingerprint density at radius 2 is 2.00 bits per heavy atom. The Balaban J connectivity index is 2.38. The fourth-order valence-corrected chi connectivity index (χ4v) is 0.987. The zero-order valence-corrected chi connectivity index (χ0v) is 6.18. The van der Waals surface area contributed by atoms with Gasteiger partial charge in [0, 0.05) is 26.1 Å². The van der Waals surface area contributed by atoms with Crippen LogP contribution in [0, 0.1) is 12.0 Å². The summed E-state index contributed by atoms with van der Waals surface area (Å²) in [6.45, 7) is 3.55. The second-order valence-corrected chi connectivity index (χ2v) is 2.49. The molecule has 1 rings (SSSR count). The van der Waals surface area contributed by atoms with E-state index in [1.807, 2.05) is 4.90 Å². The predicted molar refractivity (Wildman–Crippen MR) is 39.3 cm³/mol. The molecule has 0 N–H and O–H groups in total. The molecule has 1 saturated heterocycles. The van der Waals surface area contributed by atoms with Crippen LogP contribution in [0.5, 0.6) is 0 Å². The Morgan fingerprint density at radius 1 is 1.40 bits per heavy atom. The molecule has 0 atom stereocenters. The third kappa shape index (κ3) is 2.10. The summed E-state index contributed by atoms with van der Waals surface area (Å²) in [4.78, 5) is 12.4. The highest BCUT2D eigenvalue weighted by Crippen LogP contribution is 2.04. The number of ketones is 1. The summed E-state index contributed by atoms with van der Waals surface area (Å²) in [6, 6.07) is 2.81. The van der Waals surface area contributed by atoms with Crippen LogP contribution in [0.2, 0.25) is 0 Å². The maximum absolute atomic E-state index is 10.4. The lowest BCUT2D eigenvalue weighted by Crippen LogP contribution is -2.11. The van der Waals surface area contributed by atoms with Gasteiger partial charge in [-0.25, -0.2) is 0 Å². The number of carbonyl (C=O) groups is 1. The standard InChI is InChI=1S/C8H11NO/c1-8(10)4-7-9-5-2-3-6-9/h2-3,5-6H2,1H3. The lowest BCUT2D eigenvalue weighted by Gasteiger charge is -2.04. The van der Waals surface area contributed by atoms with Gasteiger partial charge in [-0.2, -0.15) is 0 Å². The van der Waals surface area contributed by atoms with E-state index < -0.39 is 0 Å². The highest BCUT2D eigenvalue weighted by Gasteiger charge is 2.06. The molecule has 0 aromatic heterocycles. The van der Waals surface area contributed by atoms with Crippen molar-refractivity contribution in [3.8, 4) is 12.0 Å². The first kappa shape index (κ1) is 7.14. The molecule has 0 amide bonds. The van der Waals surface area contributed by atoms with Crippen molar-refractivity contribution >= 4 is 5.78 Å². The fourth-order valence-electron chi connectivity index (χ4n) is 0.987. The average Bonchev–Trinajstić information content (AvgIpc) is 2.34. The number of Topliss-reactive ketones (excluding diaryl/α,β-unsaturated/α-hetero) is 1. The van der Waals surface area contributed by atoms with Gasteiger partial charge in [-0.15, -0.1) is 0 Å². The minimum Gasteiger partial charge on any atom is -0.332 e. The summed E-state index contributed by atoms with van der Waals surface area (Å²) >= 11 is 0. The molecule has 2 nitrogen and oxygen atoms in total. The van der Waals surface area contributed by atoms with E-state index in [0.717, 1.165) is 13.1 Å². The number of hydrogen-bond acceptors (Lipinski definition) is 2. The van der Waals surface area contributed by atoms with Gasteiger partial charge in [0.1, 0.15) is 0 Å². The zero-order chi connectivity index (χ0) is 7.40. The van der Waals surface area contributed by atoms with Crippen LogP contribution < -0.4 is 0 Å². The van der Waals surface area contributed by atoms with E-state index >= 15 is 0 Å². The summed E-state index contributed by atoms with van der Waals surface area (Å²) in [6.07, 6.45) is 2.43. The van der Waals surface area contributed by atoms with Crippen molar-refractivity contribution in [2.24, 2.45) is 0 Å². The van der Waals surface area contributed by atoms with Gasteiger partial charge in [0.2, 0.25) is 5.78 Å². The third-order valence-electron chi connectivity index (χ3n) is 1.50. The van der Waals surface area contributed by atoms with E-state index in [9.17, 15) is 4.79 Å². The van der Waals surface area contributed by atoms with Gasteiger partial charge in [0.05, 0.1) is 0 Å². The predicted octanol–water partition coefficient (Wildman–Crippen LogP) is 0.632. The Kier molecular flexibility index (Phi) is 2.33. The first-order valence-corrected chi connectivity index (χ1v) is 3.56. The minimum atomic E-state index is -0.0492. The summed E-state index contributed by atoms with van der Waals surface area (Å²) in [5, 5.41) is 0. The molecule has 0 saturated carbocycles. The summed E-state index contributed by atoms with van der Waals surface area (Å²) in [5.74, 6) is 2.48. The van der Waals surface area contributed by atoms with Crippen molar-refractivity contribution in [3.63, 3.8) is 0 Å². The monoisotopic (exact) mass is 137 g/mol. The Morgan fingerprint density at radius 3 is 2.50 bits per heavy atom. The lowest BCUT2D eigenvalue weighted by atomic mass is 10.4. The van der Waals surface area contributed by atoms with Gasteiger partial charge in [0.15, 0.2) is 0 Å². The van der Waals surface area contributed by atoms with Crippen LogP contribution >= 0.6 is 0 Å². The quantitative estimate of drug-likeness (QED) is 0.456. The average molecular weight is 137 g/mol. The van der Waals surface area contributed by atoms with E-state index in [-0.39, 0.29) is 5.78 Å². The minimum absolute atomic E-state index is 0.0492. The van der Waals surface area contributed by atoms with Crippen LogP contribution in [0.15, 0.2) is 0 Å². The van der Waals surface area contributed by atoms with Crippen LogP contribution in [0.4, 0.5) is 0 Å².